The van der Waals surface area contributed by atoms with E-state index < -0.39 is 0 Å². The Balaban J connectivity index is 1.48. The van der Waals surface area contributed by atoms with Gasteiger partial charge in [0.05, 0.1) is 6.61 Å². The molecule has 4 aliphatic rings. The van der Waals surface area contributed by atoms with Crippen LogP contribution < -0.4 is 0 Å². The van der Waals surface area contributed by atoms with Crippen molar-refractivity contribution in [1.82, 2.24) is 0 Å². The van der Waals surface area contributed by atoms with Crippen LogP contribution in [-0.2, 0) is 19.1 Å². The van der Waals surface area contributed by atoms with E-state index >= 15 is 0 Å². The summed E-state index contributed by atoms with van der Waals surface area (Å²) < 4.78 is 11.1. The smallest absolute Gasteiger partial charge is 0.330 e. The van der Waals surface area contributed by atoms with Crippen molar-refractivity contribution in [3.05, 3.63) is 23.8 Å². The van der Waals surface area contributed by atoms with Crippen molar-refractivity contribution in [2.75, 3.05) is 6.61 Å². The van der Waals surface area contributed by atoms with Gasteiger partial charge in [0, 0.05) is 13.0 Å². The fourth-order valence-corrected chi connectivity index (χ4v) is 8.30. The van der Waals surface area contributed by atoms with E-state index in [9.17, 15) is 9.59 Å². The van der Waals surface area contributed by atoms with Crippen molar-refractivity contribution in [1.29, 1.82) is 0 Å². The van der Waals surface area contributed by atoms with Gasteiger partial charge in [0.1, 0.15) is 6.10 Å². The van der Waals surface area contributed by atoms with Crippen molar-refractivity contribution in [3.63, 3.8) is 0 Å². The highest BCUT2D eigenvalue weighted by atomic mass is 16.5. The van der Waals surface area contributed by atoms with Crippen molar-refractivity contribution in [3.8, 4) is 0 Å². The maximum atomic E-state index is 11.8. The summed E-state index contributed by atoms with van der Waals surface area (Å²) in [5, 5.41) is 0. The first-order valence-corrected chi connectivity index (χ1v) is 12.9. The van der Waals surface area contributed by atoms with Gasteiger partial charge < -0.3 is 9.47 Å². The first-order valence-electron chi connectivity index (χ1n) is 12.9. The standard InChI is InChI=1S/C28H42O4/c1-6-7-26(30)31-17-18(2)23-10-11-24-22-9-8-20-16-21(32-19(3)29)12-14-27(20,4)25(22)13-15-28(23,24)5/h6-7,9,18,20-21,23-25H,8,10-17H2,1-5H3/b7-6+/t18-,20?,21+,23?,24?,25?,27?,28-/m1/s1. The summed E-state index contributed by atoms with van der Waals surface area (Å²) in [4.78, 5) is 23.3. The Morgan fingerprint density at radius 1 is 1.12 bits per heavy atom. The normalized spacial score (nSPS) is 41.8. The monoisotopic (exact) mass is 442 g/mol. The molecule has 0 aromatic heterocycles. The van der Waals surface area contributed by atoms with Crippen LogP contribution in [0.15, 0.2) is 23.8 Å². The van der Waals surface area contributed by atoms with Crippen LogP contribution in [-0.4, -0.2) is 24.6 Å². The summed E-state index contributed by atoms with van der Waals surface area (Å²) in [6, 6.07) is 0. The largest absolute Gasteiger partial charge is 0.463 e. The zero-order valence-electron chi connectivity index (χ0n) is 20.7. The molecule has 3 saturated carbocycles. The molecule has 4 aliphatic carbocycles. The summed E-state index contributed by atoms with van der Waals surface area (Å²) in [7, 11) is 0. The number of hydrogen-bond acceptors (Lipinski definition) is 4. The van der Waals surface area contributed by atoms with Gasteiger partial charge in [-0.3, -0.25) is 4.79 Å². The number of allylic oxidation sites excluding steroid dienone is 3. The molecule has 8 atom stereocenters. The van der Waals surface area contributed by atoms with Gasteiger partial charge in [-0.05, 0) is 98.7 Å². The predicted molar refractivity (Wildman–Crippen MR) is 126 cm³/mol. The van der Waals surface area contributed by atoms with Crippen molar-refractivity contribution >= 4 is 11.9 Å². The highest BCUT2D eigenvalue weighted by Gasteiger charge is 2.58. The van der Waals surface area contributed by atoms with Crippen LogP contribution in [0.2, 0.25) is 0 Å². The van der Waals surface area contributed by atoms with Gasteiger partial charge in [-0.1, -0.05) is 38.5 Å². The molecule has 0 heterocycles. The van der Waals surface area contributed by atoms with Crippen LogP contribution in [0.25, 0.3) is 0 Å². The molecule has 4 rings (SSSR count). The van der Waals surface area contributed by atoms with Crippen LogP contribution in [0.3, 0.4) is 0 Å². The highest BCUT2D eigenvalue weighted by molar-refractivity contribution is 5.81. The van der Waals surface area contributed by atoms with Gasteiger partial charge in [0.25, 0.3) is 0 Å². The second-order valence-electron chi connectivity index (χ2n) is 11.6. The molecule has 0 bridgehead atoms. The average Bonchev–Trinajstić information content (AvgIpc) is 3.09. The van der Waals surface area contributed by atoms with Gasteiger partial charge in [0.2, 0.25) is 0 Å². The first-order chi connectivity index (χ1) is 15.2. The molecule has 178 valence electrons. The molecule has 3 fully saturated rings. The molecule has 0 N–H and O–H groups in total. The van der Waals surface area contributed by atoms with Crippen LogP contribution in [0.4, 0.5) is 0 Å². The van der Waals surface area contributed by atoms with E-state index in [1.807, 2.05) is 6.92 Å². The van der Waals surface area contributed by atoms with Crippen LogP contribution in [0.5, 0.6) is 0 Å². The number of carbonyl (C=O) groups excluding carboxylic acids is 2. The third-order valence-corrected chi connectivity index (χ3v) is 9.92. The Morgan fingerprint density at radius 3 is 2.56 bits per heavy atom. The summed E-state index contributed by atoms with van der Waals surface area (Å²) >= 11 is 0. The lowest BCUT2D eigenvalue weighted by Gasteiger charge is -2.58. The Kier molecular flexibility index (Phi) is 6.62. The third-order valence-electron chi connectivity index (χ3n) is 9.92. The minimum Gasteiger partial charge on any atom is -0.463 e. The molecule has 0 radical (unpaired) electrons. The minimum absolute atomic E-state index is 0.108. The van der Waals surface area contributed by atoms with E-state index in [1.54, 1.807) is 11.6 Å². The molecular formula is C28H42O4. The van der Waals surface area contributed by atoms with Crippen molar-refractivity contribution in [2.45, 2.75) is 92.1 Å². The Labute approximate surface area is 194 Å². The lowest BCUT2D eigenvalue weighted by atomic mass is 9.47. The summed E-state index contributed by atoms with van der Waals surface area (Å²) in [6.45, 7) is 11.2. The first kappa shape index (κ1) is 23.6. The molecule has 5 unspecified atom stereocenters. The lowest BCUT2D eigenvalue weighted by molar-refractivity contribution is -0.152. The van der Waals surface area contributed by atoms with E-state index in [4.69, 9.17) is 9.47 Å². The maximum absolute atomic E-state index is 11.8. The van der Waals surface area contributed by atoms with Gasteiger partial charge in [0.15, 0.2) is 0 Å². The van der Waals surface area contributed by atoms with Gasteiger partial charge in [-0.25, -0.2) is 4.79 Å². The zero-order valence-corrected chi connectivity index (χ0v) is 20.7. The van der Waals surface area contributed by atoms with Crippen molar-refractivity contribution < 1.29 is 19.1 Å². The van der Waals surface area contributed by atoms with E-state index in [-0.39, 0.29) is 18.0 Å². The quantitative estimate of drug-likeness (QED) is 0.287. The molecule has 0 saturated heterocycles. The Hall–Kier alpha value is -1.58. The number of ether oxygens (including phenoxy) is 2. The van der Waals surface area contributed by atoms with Gasteiger partial charge in [-0.2, -0.15) is 0 Å². The van der Waals surface area contributed by atoms with Gasteiger partial charge in [-0.15, -0.1) is 0 Å². The van der Waals surface area contributed by atoms with E-state index in [0.29, 0.717) is 47.0 Å². The van der Waals surface area contributed by atoms with Crippen molar-refractivity contribution in [2.24, 2.45) is 40.4 Å². The lowest BCUT2D eigenvalue weighted by Crippen LogP contribution is -2.50. The van der Waals surface area contributed by atoms with E-state index in [2.05, 4.69) is 26.8 Å². The number of fused-ring (bicyclic) bond motifs is 5. The number of rotatable bonds is 5. The Bertz CT molecular complexity index is 797. The molecule has 4 nitrogen and oxygen atoms in total. The summed E-state index contributed by atoms with van der Waals surface area (Å²) in [5.74, 6) is 2.62. The topological polar surface area (TPSA) is 52.6 Å². The fraction of sp³-hybridized carbons (Fsp3) is 0.786. The van der Waals surface area contributed by atoms with Crippen LogP contribution >= 0.6 is 0 Å². The molecule has 4 heteroatoms. The highest BCUT2D eigenvalue weighted by Crippen LogP contribution is 2.66. The second-order valence-corrected chi connectivity index (χ2v) is 11.6. The minimum atomic E-state index is -0.221. The fourth-order valence-electron chi connectivity index (χ4n) is 8.30. The summed E-state index contributed by atoms with van der Waals surface area (Å²) in [6.07, 6.45) is 15.3. The molecule has 0 aromatic rings. The SMILES string of the molecule is C/C=C/C(=O)OC[C@@H](C)C1CCC2C3=CCC4C[C@@H](OC(C)=O)CCC4(C)C3CC[C@@]21C. The van der Waals surface area contributed by atoms with E-state index in [0.717, 1.165) is 19.3 Å². The predicted octanol–water partition coefficient (Wildman–Crippen LogP) is 6.25. The summed E-state index contributed by atoms with van der Waals surface area (Å²) in [5.41, 5.74) is 2.39. The molecule has 32 heavy (non-hydrogen) atoms. The molecule has 0 spiro atoms. The van der Waals surface area contributed by atoms with Crippen LogP contribution in [0, 0.1) is 40.4 Å². The molecule has 0 amide bonds. The van der Waals surface area contributed by atoms with Crippen LogP contribution in [0.1, 0.15) is 86.0 Å². The van der Waals surface area contributed by atoms with E-state index in [1.165, 1.54) is 45.1 Å². The molecule has 0 aromatic carbocycles. The second kappa shape index (κ2) is 8.99. The number of esters is 2. The molecular weight excluding hydrogens is 400 g/mol. The zero-order chi connectivity index (χ0) is 23.1. The number of carbonyl (C=O) groups is 2. The maximum Gasteiger partial charge on any atom is 0.330 e. The third kappa shape index (κ3) is 4.07. The van der Waals surface area contributed by atoms with Gasteiger partial charge >= 0.3 is 11.9 Å². The Morgan fingerprint density at radius 2 is 1.84 bits per heavy atom. The number of hydrogen-bond donors (Lipinski definition) is 0. The molecule has 0 aliphatic heterocycles. The average molecular weight is 443 g/mol.